The molecule has 2 fully saturated rings. The van der Waals surface area contributed by atoms with Gasteiger partial charge in [-0.05, 0) is 64.2 Å². The molecule has 0 atom stereocenters. The lowest BCUT2D eigenvalue weighted by Crippen LogP contribution is -2.38. The highest BCUT2D eigenvalue weighted by molar-refractivity contribution is 6.06. The van der Waals surface area contributed by atoms with E-state index in [0.717, 1.165) is 63.0 Å². The summed E-state index contributed by atoms with van der Waals surface area (Å²) in [7, 11) is 0. The maximum atomic E-state index is 12.8. The normalized spacial score (nSPS) is 22.1. The molecule has 1 saturated heterocycles. The molecule has 1 aromatic rings. The lowest BCUT2D eigenvalue weighted by Gasteiger charge is -2.34. The molecule has 1 aromatic carbocycles. The molecule has 5 heteroatoms. The van der Waals surface area contributed by atoms with Crippen molar-refractivity contribution in [3.63, 3.8) is 0 Å². The summed E-state index contributed by atoms with van der Waals surface area (Å²) in [5.74, 6) is 0.0886. The third kappa shape index (κ3) is 3.51. The van der Waals surface area contributed by atoms with Crippen LogP contribution in [0.1, 0.15) is 71.3 Å². The van der Waals surface area contributed by atoms with Crippen LogP contribution in [0.4, 0.5) is 11.4 Å². The molecule has 28 heavy (non-hydrogen) atoms. The van der Waals surface area contributed by atoms with Gasteiger partial charge in [-0.3, -0.25) is 9.59 Å². The van der Waals surface area contributed by atoms with Gasteiger partial charge in [0.1, 0.15) is 5.60 Å². The topological polar surface area (TPSA) is 58.6 Å². The number of amides is 1. The van der Waals surface area contributed by atoms with Crippen LogP contribution in [0.3, 0.4) is 0 Å². The Morgan fingerprint density at radius 2 is 1.82 bits per heavy atom. The molecule has 2 heterocycles. The van der Waals surface area contributed by atoms with E-state index in [-0.39, 0.29) is 23.2 Å². The van der Waals surface area contributed by atoms with Crippen LogP contribution < -0.4 is 10.2 Å². The van der Waals surface area contributed by atoms with Gasteiger partial charge in [-0.25, -0.2) is 0 Å². The Morgan fingerprint density at radius 3 is 2.46 bits per heavy atom. The summed E-state index contributed by atoms with van der Waals surface area (Å²) in [5.41, 5.74) is 2.58. The second-order valence-corrected chi connectivity index (χ2v) is 9.62. The Morgan fingerprint density at radius 1 is 1.14 bits per heavy atom. The van der Waals surface area contributed by atoms with Crippen LogP contribution in [0.25, 0.3) is 0 Å². The summed E-state index contributed by atoms with van der Waals surface area (Å²) in [6, 6.07) is 6.45. The van der Waals surface area contributed by atoms with Crippen LogP contribution >= 0.6 is 0 Å². The van der Waals surface area contributed by atoms with Crippen molar-refractivity contribution in [1.29, 1.82) is 0 Å². The number of hydrogen-bond acceptors (Lipinski definition) is 4. The lowest BCUT2D eigenvalue weighted by atomic mass is 9.70. The molecule has 1 aliphatic carbocycles. The minimum Gasteiger partial charge on any atom is -0.460 e. The summed E-state index contributed by atoms with van der Waals surface area (Å²) < 4.78 is 5.55. The number of rotatable bonds is 2. The SMILES string of the molecule is CC(C)(C)OC(=O)C1CCN(c2ccc3c(c2)NC(=O)C32CCCCC2)CC1. The van der Waals surface area contributed by atoms with Crippen LogP contribution in [0.15, 0.2) is 18.2 Å². The fraction of sp³-hybridized carbons (Fsp3) is 0.652. The van der Waals surface area contributed by atoms with Gasteiger partial charge in [0.15, 0.2) is 0 Å². The number of benzene rings is 1. The third-order valence-corrected chi connectivity index (χ3v) is 6.51. The molecule has 0 bridgehead atoms. The van der Waals surface area contributed by atoms with Crippen molar-refractivity contribution in [2.45, 2.75) is 76.7 Å². The van der Waals surface area contributed by atoms with E-state index in [4.69, 9.17) is 4.74 Å². The highest BCUT2D eigenvalue weighted by Gasteiger charge is 2.47. The van der Waals surface area contributed by atoms with Gasteiger partial charge < -0.3 is 15.0 Å². The minimum absolute atomic E-state index is 0.0184. The van der Waals surface area contributed by atoms with Crippen molar-refractivity contribution in [3.05, 3.63) is 23.8 Å². The monoisotopic (exact) mass is 384 g/mol. The number of anilines is 2. The molecule has 5 nitrogen and oxygen atoms in total. The molecular weight excluding hydrogens is 352 g/mol. The highest BCUT2D eigenvalue weighted by Crippen LogP contribution is 2.48. The Kier molecular flexibility index (Phi) is 4.88. The van der Waals surface area contributed by atoms with Crippen molar-refractivity contribution in [2.75, 3.05) is 23.3 Å². The summed E-state index contributed by atoms with van der Waals surface area (Å²) in [6.45, 7) is 7.41. The standard InChI is InChI=1S/C23H32N2O3/c1-22(2,3)28-20(26)16-9-13-25(14-10-16)17-7-8-18-19(15-17)24-21(27)23(18)11-5-4-6-12-23/h7-8,15-16H,4-6,9-14H2,1-3H3,(H,24,27). The molecule has 0 radical (unpaired) electrons. The Bertz CT molecular complexity index is 767. The molecule has 3 aliphatic rings. The predicted molar refractivity (Wildman–Crippen MR) is 111 cm³/mol. The zero-order valence-electron chi connectivity index (χ0n) is 17.3. The molecule has 1 amide bonds. The van der Waals surface area contributed by atoms with Gasteiger partial charge in [-0.15, -0.1) is 0 Å². The van der Waals surface area contributed by atoms with Gasteiger partial charge in [0.25, 0.3) is 0 Å². The Labute approximate surface area is 167 Å². The van der Waals surface area contributed by atoms with Gasteiger partial charge in [0, 0.05) is 24.5 Å². The first-order valence-electron chi connectivity index (χ1n) is 10.7. The van der Waals surface area contributed by atoms with Crippen LogP contribution in [-0.4, -0.2) is 30.6 Å². The number of nitrogens with zero attached hydrogens (tertiary/aromatic N) is 1. The largest absolute Gasteiger partial charge is 0.460 e. The van der Waals surface area contributed by atoms with E-state index in [1.54, 1.807) is 0 Å². The number of carbonyl (C=O) groups is 2. The quantitative estimate of drug-likeness (QED) is 0.768. The fourth-order valence-electron chi connectivity index (χ4n) is 5.02. The van der Waals surface area contributed by atoms with E-state index in [9.17, 15) is 9.59 Å². The molecule has 1 saturated carbocycles. The number of esters is 1. The van der Waals surface area contributed by atoms with Crippen LogP contribution in [-0.2, 0) is 19.7 Å². The number of piperidine rings is 1. The van der Waals surface area contributed by atoms with Crippen molar-refractivity contribution in [1.82, 2.24) is 0 Å². The summed E-state index contributed by atoms with van der Waals surface area (Å²) in [5, 5.41) is 3.15. The first kappa shape index (κ1) is 19.3. The van der Waals surface area contributed by atoms with E-state index in [0.29, 0.717) is 0 Å². The number of hydrogen-bond donors (Lipinski definition) is 1. The average molecular weight is 385 g/mol. The number of nitrogens with one attached hydrogen (secondary N) is 1. The van der Waals surface area contributed by atoms with Crippen molar-refractivity contribution in [2.24, 2.45) is 5.92 Å². The number of ether oxygens (including phenoxy) is 1. The van der Waals surface area contributed by atoms with E-state index in [1.165, 1.54) is 12.0 Å². The van der Waals surface area contributed by atoms with E-state index in [1.807, 2.05) is 20.8 Å². The third-order valence-electron chi connectivity index (χ3n) is 6.51. The van der Waals surface area contributed by atoms with Crippen molar-refractivity contribution >= 4 is 23.3 Å². The summed E-state index contributed by atoms with van der Waals surface area (Å²) in [4.78, 5) is 27.4. The van der Waals surface area contributed by atoms with E-state index < -0.39 is 5.60 Å². The molecule has 2 aliphatic heterocycles. The van der Waals surface area contributed by atoms with Gasteiger partial charge in [0.05, 0.1) is 11.3 Å². The molecular formula is C23H32N2O3. The molecule has 0 aromatic heterocycles. The fourth-order valence-corrected chi connectivity index (χ4v) is 5.02. The number of fused-ring (bicyclic) bond motifs is 2. The van der Waals surface area contributed by atoms with Crippen LogP contribution in [0.2, 0.25) is 0 Å². The molecule has 152 valence electrons. The van der Waals surface area contributed by atoms with Crippen LogP contribution in [0.5, 0.6) is 0 Å². The highest BCUT2D eigenvalue weighted by atomic mass is 16.6. The average Bonchev–Trinajstić information content (AvgIpc) is 2.92. The lowest BCUT2D eigenvalue weighted by molar-refractivity contribution is -0.160. The van der Waals surface area contributed by atoms with E-state index >= 15 is 0 Å². The maximum absolute atomic E-state index is 12.8. The molecule has 1 N–H and O–H groups in total. The second kappa shape index (κ2) is 7.09. The summed E-state index contributed by atoms with van der Waals surface area (Å²) >= 11 is 0. The smallest absolute Gasteiger partial charge is 0.309 e. The molecule has 4 rings (SSSR count). The second-order valence-electron chi connectivity index (χ2n) is 9.62. The first-order valence-corrected chi connectivity index (χ1v) is 10.7. The van der Waals surface area contributed by atoms with Crippen LogP contribution in [0, 0.1) is 5.92 Å². The summed E-state index contributed by atoms with van der Waals surface area (Å²) in [6.07, 6.45) is 7.04. The van der Waals surface area contributed by atoms with Crippen molar-refractivity contribution in [3.8, 4) is 0 Å². The van der Waals surface area contributed by atoms with Gasteiger partial charge in [-0.2, -0.15) is 0 Å². The Balaban J connectivity index is 1.44. The molecule has 0 unspecified atom stereocenters. The molecule has 1 spiro atoms. The number of carbonyl (C=O) groups excluding carboxylic acids is 2. The van der Waals surface area contributed by atoms with Gasteiger partial charge in [0.2, 0.25) is 5.91 Å². The zero-order chi connectivity index (χ0) is 19.9. The Hall–Kier alpha value is -2.04. The van der Waals surface area contributed by atoms with E-state index in [2.05, 4.69) is 28.4 Å². The zero-order valence-corrected chi connectivity index (χ0v) is 17.3. The van der Waals surface area contributed by atoms with Gasteiger partial charge >= 0.3 is 5.97 Å². The van der Waals surface area contributed by atoms with Gasteiger partial charge in [-0.1, -0.05) is 25.3 Å². The first-order chi connectivity index (χ1) is 13.3. The minimum atomic E-state index is -0.429. The predicted octanol–water partition coefficient (Wildman–Crippen LogP) is 4.40. The van der Waals surface area contributed by atoms with Crippen molar-refractivity contribution < 1.29 is 14.3 Å². The maximum Gasteiger partial charge on any atom is 0.309 e.